The van der Waals surface area contributed by atoms with Crippen LogP contribution in [0.5, 0.6) is 0 Å². The van der Waals surface area contributed by atoms with E-state index >= 15 is 0 Å². The van der Waals surface area contributed by atoms with E-state index in [1.807, 2.05) is 0 Å². The van der Waals surface area contributed by atoms with E-state index in [1.54, 1.807) is 18.3 Å². The number of hydrogen-bond donors (Lipinski definition) is 0. The Morgan fingerprint density at radius 1 is 0.480 bits per heavy atom. The Labute approximate surface area is 163 Å². The Kier molecular flexibility index (Phi) is 6.12. The molecule has 0 aromatic heterocycles. The minimum absolute atomic E-state index is 0.0341. The molecule has 0 aliphatic heterocycles. The molecule has 0 atom stereocenters. The van der Waals surface area contributed by atoms with Gasteiger partial charge in [-0.25, -0.2) is 0 Å². The molecule has 0 heterocycles. The second-order valence-corrected chi connectivity index (χ2v) is 10.9. The third-order valence-electron chi connectivity index (χ3n) is 6.11. The molecule has 0 nitrogen and oxygen atoms in total. The third-order valence-corrected chi connectivity index (χ3v) is 8.80. The first-order chi connectivity index (χ1) is 12.4. The molecular weight excluding hydrogens is 415 g/mol. The normalized spacial score (nSPS) is 20.0. The monoisotopic (exact) mass is 445 g/mol. The van der Waals surface area contributed by atoms with Crippen molar-refractivity contribution in [3.8, 4) is 0 Å². The molecule has 2 fully saturated rings. The van der Waals surface area contributed by atoms with Crippen molar-refractivity contribution in [2.45, 2.75) is 76.0 Å². The van der Waals surface area contributed by atoms with Gasteiger partial charge < -0.3 is 0 Å². The molecule has 134 valence electrons. The number of hydrogen-bond acceptors (Lipinski definition) is 0. The Bertz CT molecular complexity index is 584. The van der Waals surface area contributed by atoms with Gasteiger partial charge in [-0.15, -0.1) is 0 Å². The fourth-order valence-electron chi connectivity index (χ4n) is 4.59. The molecule has 0 N–H and O–H groups in total. The Hall–Kier alpha value is -0.830. The topological polar surface area (TPSA) is 0 Å². The van der Waals surface area contributed by atoms with Gasteiger partial charge in [-0.05, 0) is 0 Å². The molecular formula is C24H30I-. The molecule has 0 unspecified atom stereocenters. The van der Waals surface area contributed by atoms with Crippen molar-refractivity contribution >= 4 is 0 Å². The fraction of sp³-hybridized carbons (Fsp3) is 0.500. The van der Waals surface area contributed by atoms with Gasteiger partial charge in [0.15, 0.2) is 0 Å². The van der Waals surface area contributed by atoms with E-state index in [1.165, 1.54) is 64.2 Å². The Balaban J connectivity index is 1.38. The molecule has 2 aliphatic carbocycles. The summed E-state index contributed by atoms with van der Waals surface area (Å²) in [4.78, 5) is 0. The summed E-state index contributed by atoms with van der Waals surface area (Å²) in [5.41, 5.74) is 3.17. The summed E-state index contributed by atoms with van der Waals surface area (Å²) >= 11 is -0.0341. The van der Waals surface area contributed by atoms with Crippen molar-refractivity contribution in [3.05, 3.63) is 66.8 Å². The molecule has 1 heteroatoms. The molecule has 0 amide bonds. The molecule has 2 aromatic rings. The van der Waals surface area contributed by atoms with Gasteiger partial charge in [-0.3, -0.25) is 0 Å². The van der Waals surface area contributed by atoms with E-state index in [9.17, 15) is 0 Å². The van der Waals surface area contributed by atoms with E-state index in [-0.39, 0.29) is 21.2 Å². The van der Waals surface area contributed by atoms with Crippen molar-refractivity contribution < 1.29 is 21.2 Å². The Morgan fingerprint density at radius 3 is 1.20 bits per heavy atom. The first-order valence-electron chi connectivity index (χ1n) is 10.2. The maximum atomic E-state index is 2.42. The van der Waals surface area contributed by atoms with Crippen LogP contribution in [0.3, 0.4) is 0 Å². The van der Waals surface area contributed by atoms with Crippen LogP contribution in [0.4, 0.5) is 0 Å². The van der Waals surface area contributed by atoms with Crippen LogP contribution in [-0.4, -0.2) is 0 Å². The number of benzene rings is 2. The quantitative estimate of drug-likeness (QED) is 0.627. The summed E-state index contributed by atoms with van der Waals surface area (Å²) in [6.45, 7) is 0. The SMILES string of the molecule is c1cc(C2CCCCC2)ccc1[I-]c1ccc(C2CCCCC2)cc1. The second-order valence-electron chi connectivity index (χ2n) is 7.87. The molecule has 2 saturated carbocycles. The zero-order valence-corrected chi connectivity index (χ0v) is 17.4. The molecule has 0 spiro atoms. The first-order valence-corrected chi connectivity index (χ1v) is 12.4. The van der Waals surface area contributed by atoms with Gasteiger partial charge in [0.25, 0.3) is 0 Å². The van der Waals surface area contributed by atoms with E-state index in [0.717, 1.165) is 11.8 Å². The number of rotatable bonds is 4. The van der Waals surface area contributed by atoms with Crippen molar-refractivity contribution in [1.82, 2.24) is 0 Å². The fourth-order valence-corrected chi connectivity index (χ4v) is 6.75. The van der Waals surface area contributed by atoms with Crippen molar-refractivity contribution in [2.24, 2.45) is 0 Å². The summed E-state index contributed by atoms with van der Waals surface area (Å²) in [6.07, 6.45) is 14.2. The predicted molar refractivity (Wildman–Crippen MR) is 102 cm³/mol. The molecule has 2 aliphatic rings. The van der Waals surface area contributed by atoms with Crippen molar-refractivity contribution in [1.29, 1.82) is 0 Å². The predicted octanol–water partition coefficient (Wildman–Crippen LogP) is 3.91. The summed E-state index contributed by atoms with van der Waals surface area (Å²) in [5.74, 6) is 1.66. The van der Waals surface area contributed by atoms with E-state index in [2.05, 4.69) is 48.5 Å². The van der Waals surface area contributed by atoms with Crippen LogP contribution in [-0.2, 0) is 0 Å². The van der Waals surface area contributed by atoms with Gasteiger partial charge in [-0.1, -0.05) is 0 Å². The Morgan fingerprint density at radius 2 is 0.840 bits per heavy atom. The molecule has 4 rings (SSSR count). The molecule has 0 saturated heterocycles. The van der Waals surface area contributed by atoms with Crippen LogP contribution < -0.4 is 21.2 Å². The van der Waals surface area contributed by atoms with Gasteiger partial charge in [0, 0.05) is 0 Å². The van der Waals surface area contributed by atoms with E-state index in [0.29, 0.717) is 0 Å². The van der Waals surface area contributed by atoms with Gasteiger partial charge in [-0.2, -0.15) is 0 Å². The zero-order valence-electron chi connectivity index (χ0n) is 15.2. The summed E-state index contributed by atoms with van der Waals surface area (Å²) in [6, 6.07) is 19.3. The standard InChI is InChI=1S/C24H30I/c1-3-7-19(8-4-1)21-11-15-23(16-12-21)25-24-17-13-22(14-18-24)20-9-5-2-6-10-20/h11-20H,1-10H2/q-1. The zero-order chi connectivity index (χ0) is 16.9. The number of halogens is 1. The van der Waals surface area contributed by atoms with Crippen LogP contribution in [0.15, 0.2) is 48.5 Å². The van der Waals surface area contributed by atoms with Crippen LogP contribution in [0.2, 0.25) is 0 Å². The molecule has 2 aromatic carbocycles. The van der Waals surface area contributed by atoms with Gasteiger partial charge in [0.2, 0.25) is 0 Å². The van der Waals surface area contributed by atoms with Crippen LogP contribution in [0, 0.1) is 7.14 Å². The molecule has 0 radical (unpaired) electrons. The maximum absolute atomic E-state index is 2.42. The van der Waals surface area contributed by atoms with E-state index in [4.69, 9.17) is 0 Å². The molecule has 25 heavy (non-hydrogen) atoms. The van der Waals surface area contributed by atoms with Crippen LogP contribution >= 0.6 is 0 Å². The van der Waals surface area contributed by atoms with Crippen molar-refractivity contribution in [2.75, 3.05) is 0 Å². The first kappa shape index (κ1) is 17.6. The van der Waals surface area contributed by atoms with E-state index < -0.39 is 0 Å². The summed E-state index contributed by atoms with van der Waals surface area (Å²) in [5, 5.41) is 0. The average Bonchev–Trinajstić information content (AvgIpc) is 2.71. The second kappa shape index (κ2) is 8.70. The average molecular weight is 445 g/mol. The van der Waals surface area contributed by atoms with Gasteiger partial charge in [0.05, 0.1) is 0 Å². The third kappa shape index (κ3) is 4.67. The summed E-state index contributed by atoms with van der Waals surface area (Å²) < 4.78 is 3.12. The summed E-state index contributed by atoms with van der Waals surface area (Å²) in [7, 11) is 0. The van der Waals surface area contributed by atoms with Gasteiger partial charge >= 0.3 is 164 Å². The van der Waals surface area contributed by atoms with Crippen LogP contribution in [0.1, 0.15) is 87.2 Å². The minimum atomic E-state index is -0.0341. The van der Waals surface area contributed by atoms with Gasteiger partial charge in [0.1, 0.15) is 0 Å². The van der Waals surface area contributed by atoms with Crippen molar-refractivity contribution in [3.63, 3.8) is 0 Å². The molecule has 0 bridgehead atoms. The van der Waals surface area contributed by atoms with Crippen LogP contribution in [0.25, 0.3) is 0 Å².